The molecule has 0 N–H and O–H groups in total. The van der Waals surface area contributed by atoms with Gasteiger partial charge in [-0.2, -0.15) is 0 Å². The summed E-state index contributed by atoms with van der Waals surface area (Å²) in [7, 11) is 4.22. The lowest BCUT2D eigenvalue weighted by Gasteiger charge is -2.41. The molecule has 1 aliphatic rings. The molecule has 0 amide bonds. The van der Waals surface area contributed by atoms with Crippen LogP contribution in [0.5, 0.6) is 0 Å². The number of carbonyl (C=O) groups excluding carboxylic acids is 1. The van der Waals surface area contributed by atoms with Gasteiger partial charge in [-0.25, -0.2) is 4.39 Å². The highest BCUT2D eigenvalue weighted by Crippen LogP contribution is 2.27. The maximum Gasteiger partial charge on any atom is 0.302 e. The Kier molecular flexibility index (Phi) is 5.94. The van der Waals surface area contributed by atoms with Gasteiger partial charge >= 0.3 is 5.97 Å². The molecule has 5 unspecified atom stereocenters. The Morgan fingerprint density at radius 2 is 1.78 bits per heavy atom. The molecule has 0 bridgehead atoms. The van der Waals surface area contributed by atoms with Crippen LogP contribution in [0.15, 0.2) is 0 Å². The van der Waals surface area contributed by atoms with E-state index in [1.165, 1.54) is 28.3 Å². The summed E-state index contributed by atoms with van der Waals surface area (Å²) in [4.78, 5) is 10.7. The summed E-state index contributed by atoms with van der Waals surface area (Å²) in [5, 5.41) is 0. The van der Waals surface area contributed by atoms with Crippen LogP contribution in [0.1, 0.15) is 6.92 Å². The lowest BCUT2D eigenvalue weighted by Crippen LogP contribution is -2.59. The smallest absolute Gasteiger partial charge is 0.302 e. The Labute approximate surface area is 105 Å². The number of hydrogen-bond donors (Lipinski definition) is 0. The van der Waals surface area contributed by atoms with Gasteiger partial charge in [0.15, 0.2) is 12.5 Å². The standard InChI is InChI=1S/C11H19FO6/c1-6(13)17-5-7-8(12)9(14-2)10(15-3)11(16-4)18-7/h7-11H,5H2,1-4H3. The average molecular weight is 266 g/mol. The molecular weight excluding hydrogens is 247 g/mol. The first-order chi connectivity index (χ1) is 8.54. The summed E-state index contributed by atoms with van der Waals surface area (Å²) in [6.07, 6.45) is -4.69. The minimum Gasteiger partial charge on any atom is -0.463 e. The first kappa shape index (κ1) is 15.3. The van der Waals surface area contributed by atoms with E-state index in [2.05, 4.69) is 0 Å². The summed E-state index contributed by atoms with van der Waals surface area (Å²) in [6, 6.07) is 0. The Bertz CT molecular complexity index is 274. The van der Waals surface area contributed by atoms with Crippen molar-refractivity contribution in [2.75, 3.05) is 27.9 Å². The van der Waals surface area contributed by atoms with Gasteiger partial charge in [0.1, 0.15) is 24.9 Å². The molecule has 18 heavy (non-hydrogen) atoms. The quantitative estimate of drug-likeness (QED) is 0.666. The maximum atomic E-state index is 14.1. The van der Waals surface area contributed by atoms with E-state index < -0.39 is 36.7 Å². The predicted octanol–water partition coefficient (Wildman–Crippen LogP) is 0.289. The van der Waals surface area contributed by atoms with Crippen LogP contribution in [0, 0.1) is 0 Å². The van der Waals surface area contributed by atoms with Crippen LogP contribution in [-0.4, -0.2) is 64.7 Å². The normalized spacial score (nSPS) is 36.4. The van der Waals surface area contributed by atoms with Crippen LogP contribution in [0.4, 0.5) is 4.39 Å². The van der Waals surface area contributed by atoms with Gasteiger partial charge in [-0.15, -0.1) is 0 Å². The molecule has 1 fully saturated rings. The van der Waals surface area contributed by atoms with Crippen LogP contribution in [-0.2, 0) is 28.5 Å². The summed E-state index contributed by atoms with van der Waals surface area (Å²) in [5.41, 5.74) is 0. The van der Waals surface area contributed by atoms with Gasteiger partial charge in [-0.1, -0.05) is 0 Å². The van der Waals surface area contributed by atoms with Crippen molar-refractivity contribution in [1.82, 2.24) is 0 Å². The average Bonchev–Trinajstić information content (AvgIpc) is 2.36. The number of esters is 1. The van der Waals surface area contributed by atoms with Gasteiger partial charge in [0.25, 0.3) is 0 Å². The van der Waals surface area contributed by atoms with Crippen molar-refractivity contribution in [3.63, 3.8) is 0 Å². The lowest BCUT2D eigenvalue weighted by atomic mass is 10.00. The van der Waals surface area contributed by atoms with Crippen molar-refractivity contribution in [2.24, 2.45) is 0 Å². The molecule has 0 aromatic carbocycles. The summed E-state index contributed by atoms with van der Waals surface area (Å²) < 4.78 is 39.5. The van der Waals surface area contributed by atoms with Crippen molar-refractivity contribution in [3.8, 4) is 0 Å². The van der Waals surface area contributed by atoms with E-state index in [1.54, 1.807) is 0 Å². The number of ether oxygens (including phenoxy) is 5. The van der Waals surface area contributed by atoms with E-state index in [-0.39, 0.29) is 6.61 Å². The van der Waals surface area contributed by atoms with Crippen LogP contribution in [0.25, 0.3) is 0 Å². The van der Waals surface area contributed by atoms with E-state index >= 15 is 0 Å². The monoisotopic (exact) mass is 266 g/mol. The van der Waals surface area contributed by atoms with Crippen LogP contribution < -0.4 is 0 Å². The number of carbonyl (C=O) groups is 1. The third-order valence-electron chi connectivity index (χ3n) is 2.80. The van der Waals surface area contributed by atoms with E-state index in [1.807, 2.05) is 0 Å². The van der Waals surface area contributed by atoms with Crippen molar-refractivity contribution >= 4 is 5.97 Å². The van der Waals surface area contributed by atoms with Gasteiger partial charge in [-0.05, 0) is 0 Å². The second-order valence-corrected chi connectivity index (χ2v) is 3.93. The largest absolute Gasteiger partial charge is 0.463 e. The molecule has 7 heteroatoms. The first-order valence-electron chi connectivity index (χ1n) is 5.56. The number of alkyl halides is 1. The van der Waals surface area contributed by atoms with Crippen molar-refractivity contribution in [3.05, 3.63) is 0 Å². The zero-order chi connectivity index (χ0) is 13.7. The molecule has 0 aromatic heterocycles. The summed E-state index contributed by atoms with van der Waals surface area (Å²) >= 11 is 0. The molecular formula is C11H19FO6. The lowest BCUT2D eigenvalue weighted by molar-refractivity contribution is -0.293. The maximum absolute atomic E-state index is 14.1. The van der Waals surface area contributed by atoms with E-state index in [0.29, 0.717) is 0 Å². The molecule has 1 rings (SSSR count). The first-order valence-corrected chi connectivity index (χ1v) is 5.56. The van der Waals surface area contributed by atoms with Gasteiger partial charge in [0.2, 0.25) is 0 Å². The number of rotatable bonds is 5. The number of hydrogen-bond acceptors (Lipinski definition) is 6. The Morgan fingerprint density at radius 1 is 1.17 bits per heavy atom. The van der Waals surface area contributed by atoms with E-state index in [9.17, 15) is 9.18 Å². The molecule has 1 saturated heterocycles. The molecule has 0 aliphatic carbocycles. The molecule has 6 nitrogen and oxygen atoms in total. The topological polar surface area (TPSA) is 63.2 Å². The van der Waals surface area contributed by atoms with Crippen LogP contribution >= 0.6 is 0 Å². The zero-order valence-electron chi connectivity index (χ0n) is 10.9. The molecule has 106 valence electrons. The van der Waals surface area contributed by atoms with Gasteiger partial charge in [-0.3, -0.25) is 4.79 Å². The molecule has 1 heterocycles. The van der Waals surface area contributed by atoms with Gasteiger partial charge < -0.3 is 23.7 Å². The molecule has 0 spiro atoms. The summed E-state index contributed by atoms with van der Waals surface area (Å²) in [6.45, 7) is 1.06. The molecule has 0 aromatic rings. The fraction of sp³-hybridized carbons (Fsp3) is 0.909. The highest BCUT2D eigenvalue weighted by molar-refractivity contribution is 5.65. The Morgan fingerprint density at radius 3 is 2.22 bits per heavy atom. The third kappa shape index (κ3) is 3.38. The minimum absolute atomic E-state index is 0.188. The fourth-order valence-corrected chi connectivity index (χ4v) is 1.90. The van der Waals surface area contributed by atoms with E-state index in [4.69, 9.17) is 23.7 Å². The SMILES string of the molecule is COC1OC(COC(C)=O)C(F)C(OC)C1OC. The number of methoxy groups -OCH3 is 3. The fourth-order valence-electron chi connectivity index (χ4n) is 1.90. The zero-order valence-corrected chi connectivity index (χ0v) is 10.9. The van der Waals surface area contributed by atoms with Crippen molar-refractivity contribution in [1.29, 1.82) is 0 Å². The summed E-state index contributed by atoms with van der Waals surface area (Å²) in [5.74, 6) is -0.498. The van der Waals surface area contributed by atoms with Crippen LogP contribution in [0.3, 0.4) is 0 Å². The second kappa shape index (κ2) is 6.98. The minimum atomic E-state index is -1.47. The predicted molar refractivity (Wildman–Crippen MR) is 58.8 cm³/mol. The third-order valence-corrected chi connectivity index (χ3v) is 2.80. The Balaban J connectivity index is 2.73. The van der Waals surface area contributed by atoms with Gasteiger partial charge in [0, 0.05) is 28.3 Å². The molecule has 0 radical (unpaired) electrons. The second-order valence-electron chi connectivity index (χ2n) is 3.93. The van der Waals surface area contributed by atoms with Crippen LogP contribution in [0.2, 0.25) is 0 Å². The molecule has 0 saturated carbocycles. The highest BCUT2D eigenvalue weighted by atomic mass is 19.1. The Hall–Kier alpha value is -0.760. The highest BCUT2D eigenvalue weighted by Gasteiger charge is 2.47. The molecule has 1 aliphatic heterocycles. The molecule has 5 atom stereocenters. The van der Waals surface area contributed by atoms with E-state index in [0.717, 1.165) is 0 Å². The van der Waals surface area contributed by atoms with Crippen molar-refractivity contribution < 1.29 is 32.9 Å². The van der Waals surface area contributed by atoms with Crippen molar-refractivity contribution in [2.45, 2.75) is 37.7 Å². The van der Waals surface area contributed by atoms with Gasteiger partial charge in [0.05, 0.1) is 0 Å². The number of halogens is 1.